The van der Waals surface area contributed by atoms with Crippen LogP contribution in [0, 0.1) is 11.3 Å². The maximum atomic E-state index is 13.1. The second-order valence-corrected chi connectivity index (χ2v) is 9.94. The molecule has 1 saturated heterocycles. The molecule has 1 aliphatic heterocycles. The van der Waals surface area contributed by atoms with Gasteiger partial charge in [-0.3, -0.25) is 19.7 Å². The predicted octanol–water partition coefficient (Wildman–Crippen LogP) is 4.95. The lowest BCUT2D eigenvalue weighted by molar-refractivity contribution is -0.122. The van der Waals surface area contributed by atoms with E-state index in [4.69, 9.17) is 0 Å². The zero-order valence-electron chi connectivity index (χ0n) is 18.8. The van der Waals surface area contributed by atoms with Gasteiger partial charge in [-0.1, -0.05) is 32.9 Å². The average molecular weight is 417 g/mol. The number of likely N-dealkylation sites (tertiary alicyclic amines) is 1. The number of pyridine rings is 1. The van der Waals surface area contributed by atoms with Gasteiger partial charge >= 0.3 is 0 Å². The molecule has 0 saturated carbocycles. The highest BCUT2D eigenvalue weighted by atomic mass is 16.1. The SMILES string of the molecule is CC(C)(C)CN1CCCC(C(=O)Cc2cc3cc(-c4cnccn4)ccc3cn2)CC1. The van der Waals surface area contributed by atoms with Gasteiger partial charge in [-0.25, -0.2) is 0 Å². The van der Waals surface area contributed by atoms with Crippen LogP contribution in [0.4, 0.5) is 0 Å². The molecular formula is C26H32N4O. The number of benzene rings is 1. The van der Waals surface area contributed by atoms with Crippen molar-refractivity contribution in [3.05, 3.63) is 54.7 Å². The van der Waals surface area contributed by atoms with Crippen LogP contribution >= 0.6 is 0 Å². The van der Waals surface area contributed by atoms with Crippen LogP contribution in [0.15, 0.2) is 49.1 Å². The van der Waals surface area contributed by atoms with Gasteiger partial charge in [0.2, 0.25) is 0 Å². The van der Waals surface area contributed by atoms with E-state index in [2.05, 4.69) is 52.8 Å². The molecule has 1 aliphatic rings. The Hall–Kier alpha value is -2.66. The van der Waals surface area contributed by atoms with Crippen molar-refractivity contribution in [1.82, 2.24) is 19.9 Å². The minimum absolute atomic E-state index is 0.147. The van der Waals surface area contributed by atoms with Gasteiger partial charge in [0.25, 0.3) is 0 Å². The highest BCUT2D eigenvalue weighted by Gasteiger charge is 2.25. The molecule has 1 atom stereocenters. The summed E-state index contributed by atoms with van der Waals surface area (Å²) in [6.07, 6.45) is 10.5. The Morgan fingerprint density at radius 1 is 1.03 bits per heavy atom. The van der Waals surface area contributed by atoms with Gasteiger partial charge in [0.1, 0.15) is 5.78 Å². The highest BCUT2D eigenvalue weighted by Crippen LogP contribution is 2.25. The Balaban J connectivity index is 1.44. The van der Waals surface area contributed by atoms with Crippen LogP contribution in [0.2, 0.25) is 0 Å². The molecule has 5 heteroatoms. The van der Waals surface area contributed by atoms with Crippen molar-refractivity contribution in [2.45, 2.75) is 46.5 Å². The van der Waals surface area contributed by atoms with E-state index in [-0.39, 0.29) is 5.92 Å². The predicted molar refractivity (Wildman–Crippen MR) is 125 cm³/mol. The van der Waals surface area contributed by atoms with Crippen molar-refractivity contribution < 1.29 is 4.79 Å². The maximum Gasteiger partial charge on any atom is 0.141 e. The summed E-state index contributed by atoms with van der Waals surface area (Å²) >= 11 is 0. The Labute approximate surface area is 184 Å². The molecule has 162 valence electrons. The highest BCUT2D eigenvalue weighted by molar-refractivity contribution is 5.88. The van der Waals surface area contributed by atoms with Crippen molar-refractivity contribution in [3.8, 4) is 11.3 Å². The third-order valence-corrected chi connectivity index (χ3v) is 5.97. The number of hydrogen-bond donors (Lipinski definition) is 0. The number of rotatable bonds is 5. The first kappa shape index (κ1) is 21.6. The van der Waals surface area contributed by atoms with E-state index in [0.29, 0.717) is 17.6 Å². The Bertz CT molecular complexity index is 1040. The van der Waals surface area contributed by atoms with Crippen LogP contribution in [0.5, 0.6) is 0 Å². The van der Waals surface area contributed by atoms with E-state index in [1.165, 1.54) is 0 Å². The first-order valence-corrected chi connectivity index (χ1v) is 11.3. The van der Waals surface area contributed by atoms with Crippen LogP contribution in [0.1, 0.15) is 45.7 Å². The molecule has 1 unspecified atom stereocenters. The summed E-state index contributed by atoms with van der Waals surface area (Å²) in [4.78, 5) is 28.7. The number of aromatic nitrogens is 3. The molecule has 4 rings (SSSR count). The van der Waals surface area contributed by atoms with E-state index < -0.39 is 0 Å². The molecule has 3 heterocycles. The lowest BCUT2D eigenvalue weighted by atomic mass is 9.92. The Morgan fingerprint density at radius 2 is 1.90 bits per heavy atom. The van der Waals surface area contributed by atoms with E-state index >= 15 is 0 Å². The van der Waals surface area contributed by atoms with Gasteiger partial charge in [-0.2, -0.15) is 0 Å². The third kappa shape index (κ3) is 5.73. The van der Waals surface area contributed by atoms with Crippen LogP contribution in [-0.2, 0) is 11.2 Å². The molecule has 2 aromatic heterocycles. The fourth-order valence-corrected chi connectivity index (χ4v) is 4.52. The summed E-state index contributed by atoms with van der Waals surface area (Å²) in [6.45, 7) is 10.0. The molecule has 31 heavy (non-hydrogen) atoms. The second-order valence-electron chi connectivity index (χ2n) is 9.94. The molecule has 1 fully saturated rings. The van der Waals surface area contributed by atoms with E-state index in [9.17, 15) is 4.79 Å². The standard InChI is InChI=1S/C26H32N4O/c1-26(2,3)18-30-11-4-5-19(8-12-30)25(31)15-23-14-22-13-20(6-7-21(22)16-29-23)24-17-27-9-10-28-24/h6-7,9-10,13-14,16-17,19H,4-5,8,11-12,15,18H2,1-3H3. The lowest BCUT2D eigenvalue weighted by Crippen LogP contribution is -2.33. The van der Waals surface area contributed by atoms with Crippen LogP contribution in [-0.4, -0.2) is 45.3 Å². The largest absolute Gasteiger partial charge is 0.303 e. The van der Waals surface area contributed by atoms with Crippen molar-refractivity contribution in [2.75, 3.05) is 19.6 Å². The zero-order valence-corrected chi connectivity index (χ0v) is 18.8. The number of nitrogens with zero attached hydrogens (tertiary/aromatic N) is 4. The van der Waals surface area contributed by atoms with Gasteiger partial charge in [0.15, 0.2) is 0 Å². The lowest BCUT2D eigenvalue weighted by Gasteiger charge is -2.28. The van der Waals surface area contributed by atoms with Crippen LogP contribution < -0.4 is 0 Å². The van der Waals surface area contributed by atoms with Crippen molar-refractivity contribution in [2.24, 2.45) is 11.3 Å². The second kappa shape index (κ2) is 9.23. The zero-order chi connectivity index (χ0) is 21.8. The fourth-order valence-electron chi connectivity index (χ4n) is 4.52. The molecule has 0 spiro atoms. The van der Waals surface area contributed by atoms with Crippen LogP contribution in [0.25, 0.3) is 22.0 Å². The number of carbonyl (C=O) groups is 1. The minimum Gasteiger partial charge on any atom is -0.303 e. The molecule has 0 aliphatic carbocycles. The van der Waals surface area contributed by atoms with E-state index in [1.807, 2.05) is 18.3 Å². The van der Waals surface area contributed by atoms with Crippen molar-refractivity contribution in [3.63, 3.8) is 0 Å². The molecular weight excluding hydrogens is 384 g/mol. The minimum atomic E-state index is 0.147. The molecule has 1 aromatic carbocycles. The molecule has 3 aromatic rings. The summed E-state index contributed by atoms with van der Waals surface area (Å²) in [6, 6.07) is 8.24. The van der Waals surface area contributed by atoms with Gasteiger partial charge in [0.05, 0.1) is 11.9 Å². The van der Waals surface area contributed by atoms with Crippen LogP contribution in [0.3, 0.4) is 0 Å². The third-order valence-electron chi connectivity index (χ3n) is 5.97. The number of fused-ring (bicyclic) bond motifs is 1. The van der Waals surface area contributed by atoms with Gasteiger partial charge in [-0.05, 0) is 55.3 Å². The first-order chi connectivity index (χ1) is 14.9. The Morgan fingerprint density at radius 3 is 2.68 bits per heavy atom. The van der Waals surface area contributed by atoms with Gasteiger partial charge in [0, 0.05) is 54.1 Å². The molecule has 0 amide bonds. The monoisotopic (exact) mass is 416 g/mol. The topological polar surface area (TPSA) is 59.0 Å². The number of carbonyl (C=O) groups excluding carboxylic acids is 1. The normalized spacial score (nSPS) is 18.1. The summed E-state index contributed by atoms with van der Waals surface area (Å²) < 4.78 is 0. The fraction of sp³-hybridized carbons (Fsp3) is 0.462. The Kier molecular flexibility index (Phi) is 6.42. The summed E-state index contributed by atoms with van der Waals surface area (Å²) in [5.74, 6) is 0.475. The smallest absolute Gasteiger partial charge is 0.141 e. The summed E-state index contributed by atoms with van der Waals surface area (Å²) in [5, 5.41) is 2.15. The van der Waals surface area contributed by atoms with E-state index in [0.717, 1.165) is 66.6 Å². The quantitative estimate of drug-likeness (QED) is 0.589. The molecule has 0 bridgehead atoms. The van der Waals surface area contributed by atoms with E-state index in [1.54, 1.807) is 18.6 Å². The maximum absolute atomic E-state index is 13.1. The first-order valence-electron chi connectivity index (χ1n) is 11.3. The van der Waals surface area contributed by atoms with Gasteiger partial charge < -0.3 is 4.90 Å². The molecule has 0 N–H and O–H groups in total. The average Bonchev–Trinajstić information content (AvgIpc) is 2.98. The van der Waals surface area contributed by atoms with Crippen molar-refractivity contribution in [1.29, 1.82) is 0 Å². The number of hydrogen-bond acceptors (Lipinski definition) is 5. The van der Waals surface area contributed by atoms with Crippen molar-refractivity contribution >= 4 is 16.6 Å². The molecule has 5 nitrogen and oxygen atoms in total. The summed E-state index contributed by atoms with van der Waals surface area (Å²) in [7, 11) is 0. The number of Topliss-reactive ketones (excluding diaryl/α,β-unsaturated/α-hetero) is 1. The molecule has 0 radical (unpaired) electrons. The number of ketones is 1. The van der Waals surface area contributed by atoms with Gasteiger partial charge in [-0.15, -0.1) is 0 Å². The summed E-state index contributed by atoms with van der Waals surface area (Å²) in [5.41, 5.74) is 3.01.